The van der Waals surface area contributed by atoms with Crippen molar-refractivity contribution in [3.05, 3.63) is 0 Å². The van der Waals surface area contributed by atoms with Crippen LogP contribution in [0.15, 0.2) is 0 Å². The molecule has 82 valence electrons. The van der Waals surface area contributed by atoms with Crippen LogP contribution in [0.25, 0.3) is 0 Å². The van der Waals surface area contributed by atoms with Gasteiger partial charge in [-0.2, -0.15) is 0 Å². The molecule has 2 aliphatic rings. The Morgan fingerprint density at radius 2 is 2.00 bits per heavy atom. The Morgan fingerprint density at radius 3 is 2.57 bits per heavy atom. The second kappa shape index (κ2) is 4.73. The Kier molecular flexibility index (Phi) is 3.57. The van der Waals surface area contributed by atoms with Crippen molar-refractivity contribution in [2.24, 2.45) is 0 Å². The minimum atomic E-state index is -0.514. The van der Waals surface area contributed by atoms with Gasteiger partial charge in [0, 0.05) is 47.5 Å². The molecule has 0 radical (unpaired) electrons. The van der Waals surface area contributed by atoms with E-state index in [0.717, 1.165) is 24.3 Å². The molecule has 0 aromatic carbocycles. The van der Waals surface area contributed by atoms with E-state index in [1.54, 1.807) is 0 Å². The lowest BCUT2D eigenvalue weighted by Gasteiger charge is -2.30. The average molecular weight is 216 g/mol. The molecule has 2 saturated heterocycles. The van der Waals surface area contributed by atoms with Crippen LogP contribution in [-0.4, -0.2) is 52.8 Å². The van der Waals surface area contributed by atoms with Crippen molar-refractivity contribution in [2.45, 2.75) is 31.3 Å². The summed E-state index contributed by atoms with van der Waals surface area (Å²) in [7, 11) is 1.53. The Hall–Kier alpha value is 0.0700. The lowest BCUT2D eigenvalue weighted by molar-refractivity contribution is 0.223. The summed E-state index contributed by atoms with van der Waals surface area (Å²) < 4.78 is 11.2. The summed E-state index contributed by atoms with van der Waals surface area (Å²) in [4.78, 5) is 2.58. The van der Waals surface area contributed by atoms with Gasteiger partial charge in [0.1, 0.15) is 0 Å². The van der Waals surface area contributed by atoms with Crippen molar-refractivity contribution in [3.63, 3.8) is 0 Å². The molecule has 0 aromatic heterocycles. The van der Waals surface area contributed by atoms with Crippen molar-refractivity contribution in [1.82, 2.24) is 10.2 Å². The predicted octanol–water partition coefficient (Wildman–Crippen LogP) is 0.191. The number of nitrogens with zero attached hydrogens (tertiary/aromatic N) is 1. The van der Waals surface area contributed by atoms with Crippen LogP contribution >= 0.6 is 0 Å². The second-order valence-corrected chi connectivity index (χ2v) is 6.04. The molecule has 1 N–H and O–H groups in total. The van der Waals surface area contributed by atoms with Gasteiger partial charge in [0.25, 0.3) is 0 Å². The van der Waals surface area contributed by atoms with E-state index in [4.69, 9.17) is 0 Å². The molecule has 14 heavy (non-hydrogen) atoms. The highest BCUT2D eigenvalue weighted by molar-refractivity contribution is 7.85. The van der Waals surface area contributed by atoms with Crippen LogP contribution in [0.4, 0.5) is 0 Å². The molecule has 0 amide bonds. The minimum absolute atomic E-state index is 0.514. The molecule has 4 heteroatoms. The molecule has 1 unspecified atom stereocenters. The van der Waals surface area contributed by atoms with Gasteiger partial charge in [-0.1, -0.05) is 0 Å². The highest BCUT2D eigenvalue weighted by Gasteiger charge is 2.29. The predicted molar refractivity (Wildman–Crippen MR) is 59.9 cm³/mol. The molecule has 2 heterocycles. The fourth-order valence-electron chi connectivity index (χ4n) is 2.50. The fourth-order valence-corrected chi connectivity index (χ4v) is 3.78. The summed E-state index contributed by atoms with van der Waals surface area (Å²) in [6, 6.07) is 1.40. The second-order valence-electron chi connectivity index (χ2n) is 4.35. The molecule has 2 rings (SSSR count). The third-order valence-corrected chi connectivity index (χ3v) is 4.88. The molecule has 0 aromatic rings. The summed E-state index contributed by atoms with van der Waals surface area (Å²) in [6.45, 7) is 2.41. The summed E-state index contributed by atoms with van der Waals surface area (Å²) in [5, 5.41) is 3.34. The van der Waals surface area contributed by atoms with Gasteiger partial charge < -0.3 is 5.32 Å². The topological polar surface area (TPSA) is 32.3 Å². The van der Waals surface area contributed by atoms with Crippen LogP contribution in [0.5, 0.6) is 0 Å². The molecule has 2 aliphatic heterocycles. The summed E-state index contributed by atoms with van der Waals surface area (Å²) >= 11 is 0. The van der Waals surface area contributed by atoms with Crippen molar-refractivity contribution < 1.29 is 4.21 Å². The van der Waals surface area contributed by atoms with E-state index < -0.39 is 10.8 Å². The van der Waals surface area contributed by atoms with Crippen LogP contribution in [0.2, 0.25) is 0 Å². The zero-order valence-corrected chi connectivity index (χ0v) is 9.68. The lowest BCUT2D eigenvalue weighted by Crippen LogP contribution is -2.40. The Morgan fingerprint density at radius 1 is 1.29 bits per heavy atom. The van der Waals surface area contributed by atoms with E-state index in [1.165, 1.54) is 19.5 Å². The summed E-state index contributed by atoms with van der Waals surface area (Å²) in [6.07, 6.45) is 3.56. The molecule has 0 spiro atoms. The maximum Gasteiger partial charge on any atom is 0.0249 e. The minimum Gasteiger partial charge on any atom is -0.316 e. The standard InChI is InChI=1S/C10H20N2OS/c1-11-9-2-5-12(8-9)10-3-6-14(13)7-4-10/h9-11H,2-8H2,1H3. The third-order valence-electron chi connectivity index (χ3n) is 3.50. The molecule has 0 saturated carbocycles. The quantitative estimate of drug-likeness (QED) is 0.715. The van der Waals surface area contributed by atoms with Gasteiger partial charge >= 0.3 is 0 Å². The number of likely N-dealkylation sites (N-methyl/N-ethyl adjacent to an activating group) is 1. The highest BCUT2D eigenvalue weighted by atomic mass is 32.2. The molecular formula is C10H20N2OS. The van der Waals surface area contributed by atoms with Crippen LogP contribution in [0, 0.1) is 0 Å². The van der Waals surface area contributed by atoms with E-state index in [9.17, 15) is 4.21 Å². The first kappa shape index (κ1) is 10.6. The van der Waals surface area contributed by atoms with Gasteiger partial charge in [-0.25, -0.2) is 0 Å². The summed E-state index contributed by atoms with van der Waals surface area (Å²) in [5.74, 6) is 1.84. The van der Waals surface area contributed by atoms with Gasteiger partial charge in [0.05, 0.1) is 0 Å². The highest BCUT2D eigenvalue weighted by Crippen LogP contribution is 2.20. The van der Waals surface area contributed by atoms with Crippen LogP contribution < -0.4 is 5.32 Å². The van der Waals surface area contributed by atoms with Gasteiger partial charge in [-0.15, -0.1) is 0 Å². The monoisotopic (exact) mass is 216 g/mol. The third kappa shape index (κ3) is 2.35. The van der Waals surface area contributed by atoms with Gasteiger partial charge in [-0.3, -0.25) is 9.11 Å². The van der Waals surface area contributed by atoms with Gasteiger partial charge in [-0.05, 0) is 26.3 Å². The number of hydrogen-bond donors (Lipinski definition) is 1. The lowest BCUT2D eigenvalue weighted by atomic mass is 10.1. The average Bonchev–Trinajstić information content (AvgIpc) is 2.67. The number of hydrogen-bond acceptors (Lipinski definition) is 3. The molecule has 0 bridgehead atoms. The maximum absolute atomic E-state index is 11.2. The van der Waals surface area contributed by atoms with Crippen LogP contribution in [-0.2, 0) is 10.8 Å². The van der Waals surface area contributed by atoms with E-state index in [1.807, 2.05) is 7.05 Å². The van der Waals surface area contributed by atoms with Gasteiger partial charge in [0.15, 0.2) is 0 Å². The number of nitrogens with one attached hydrogen (secondary N) is 1. The molecule has 0 aliphatic carbocycles. The SMILES string of the molecule is CNC1CCN(C2CCS(=O)CC2)C1. The molecule has 1 atom stereocenters. The zero-order valence-electron chi connectivity index (χ0n) is 8.87. The van der Waals surface area contributed by atoms with Crippen molar-refractivity contribution in [1.29, 1.82) is 0 Å². The Balaban J connectivity index is 1.82. The molecule has 3 nitrogen and oxygen atoms in total. The first-order valence-electron chi connectivity index (χ1n) is 5.56. The van der Waals surface area contributed by atoms with Gasteiger partial charge in [0.2, 0.25) is 0 Å². The van der Waals surface area contributed by atoms with E-state index in [0.29, 0.717) is 12.1 Å². The maximum atomic E-state index is 11.2. The Labute approximate surface area is 88.7 Å². The first-order chi connectivity index (χ1) is 6.79. The van der Waals surface area contributed by atoms with Crippen LogP contribution in [0.1, 0.15) is 19.3 Å². The van der Waals surface area contributed by atoms with E-state index in [2.05, 4.69) is 10.2 Å². The van der Waals surface area contributed by atoms with Crippen molar-refractivity contribution in [2.75, 3.05) is 31.6 Å². The van der Waals surface area contributed by atoms with Crippen LogP contribution in [0.3, 0.4) is 0 Å². The van der Waals surface area contributed by atoms with Crippen molar-refractivity contribution in [3.8, 4) is 0 Å². The number of likely N-dealkylation sites (tertiary alicyclic amines) is 1. The van der Waals surface area contributed by atoms with E-state index in [-0.39, 0.29) is 0 Å². The molecular weight excluding hydrogens is 196 g/mol. The first-order valence-corrected chi connectivity index (χ1v) is 7.04. The van der Waals surface area contributed by atoms with Crippen molar-refractivity contribution >= 4 is 10.8 Å². The number of rotatable bonds is 2. The Bertz CT molecular complexity index is 212. The molecule has 2 fully saturated rings. The smallest absolute Gasteiger partial charge is 0.0249 e. The normalized spacial score (nSPS) is 40.2. The fraction of sp³-hybridized carbons (Fsp3) is 1.00. The largest absolute Gasteiger partial charge is 0.316 e. The van der Waals surface area contributed by atoms with E-state index >= 15 is 0 Å². The summed E-state index contributed by atoms with van der Waals surface area (Å²) in [5.41, 5.74) is 0. The zero-order chi connectivity index (χ0) is 9.97.